The fourth-order valence-electron chi connectivity index (χ4n) is 4.23. The molecular weight excluding hydrogens is 386 g/mol. The summed E-state index contributed by atoms with van der Waals surface area (Å²) in [6.45, 7) is 4.84. The molecule has 8 heteroatoms. The molecule has 0 saturated carbocycles. The number of amides is 4. The van der Waals surface area contributed by atoms with Crippen molar-refractivity contribution in [2.45, 2.75) is 38.7 Å². The van der Waals surface area contributed by atoms with Crippen molar-refractivity contribution >= 4 is 23.6 Å². The quantitative estimate of drug-likeness (QED) is 0.684. The Morgan fingerprint density at radius 1 is 1.03 bits per heavy atom. The minimum atomic E-state index is -0.344. The number of carbonyl (C=O) groups is 4. The zero-order valence-corrected chi connectivity index (χ0v) is 17.3. The lowest BCUT2D eigenvalue weighted by molar-refractivity contribution is -0.142. The lowest BCUT2D eigenvalue weighted by Crippen LogP contribution is -2.52. The molecule has 0 radical (unpaired) electrons. The second-order valence-corrected chi connectivity index (χ2v) is 8.00. The topological polar surface area (TPSA) is 87.2 Å². The van der Waals surface area contributed by atoms with Crippen LogP contribution in [0.4, 0.5) is 0 Å². The van der Waals surface area contributed by atoms with Crippen molar-refractivity contribution in [3.05, 3.63) is 34.9 Å². The predicted octanol–water partition coefficient (Wildman–Crippen LogP) is 1.55. The number of hydrogen-bond acceptors (Lipinski definition) is 5. The summed E-state index contributed by atoms with van der Waals surface area (Å²) in [6.07, 6.45) is 2.97. The summed E-state index contributed by atoms with van der Waals surface area (Å²) in [5.74, 6) is -0.795. The molecule has 2 saturated heterocycles. The molecule has 8 nitrogen and oxygen atoms in total. The molecule has 1 unspecified atom stereocenters. The second kappa shape index (κ2) is 8.55. The molecule has 0 aromatic heterocycles. The van der Waals surface area contributed by atoms with Crippen molar-refractivity contribution in [1.29, 1.82) is 0 Å². The van der Waals surface area contributed by atoms with Gasteiger partial charge in [-0.1, -0.05) is 13.3 Å². The van der Waals surface area contributed by atoms with Gasteiger partial charge in [0, 0.05) is 44.9 Å². The highest BCUT2D eigenvalue weighted by Gasteiger charge is 2.36. The smallest absolute Gasteiger partial charge is 0.261 e. The van der Waals surface area contributed by atoms with Gasteiger partial charge in [-0.25, -0.2) is 0 Å². The van der Waals surface area contributed by atoms with E-state index in [0.717, 1.165) is 25.7 Å². The van der Waals surface area contributed by atoms with E-state index in [9.17, 15) is 19.2 Å². The van der Waals surface area contributed by atoms with E-state index in [1.165, 1.54) is 11.0 Å². The van der Waals surface area contributed by atoms with Gasteiger partial charge in [0.15, 0.2) is 0 Å². The summed E-state index contributed by atoms with van der Waals surface area (Å²) in [5, 5.41) is 0. The first kappa shape index (κ1) is 20.5. The van der Waals surface area contributed by atoms with Crippen LogP contribution in [0.2, 0.25) is 0 Å². The Kier molecular flexibility index (Phi) is 5.85. The zero-order valence-electron chi connectivity index (χ0n) is 17.3. The van der Waals surface area contributed by atoms with E-state index in [4.69, 9.17) is 4.74 Å². The van der Waals surface area contributed by atoms with Crippen LogP contribution in [0.25, 0.3) is 0 Å². The monoisotopic (exact) mass is 413 g/mol. The Labute approximate surface area is 175 Å². The highest BCUT2D eigenvalue weighted by molar-refractivity contribution is 6.22. The number of hydrogen-bond donors (Lipinski definition) is 0. The van der Waals surface area contributed by atoms with Crippen LogP contribution < -0.4 is 0 Å². The number of rotatable bonds is 5. The van der Waals surface area contributed by atoms with Crippen molar-refractivity contribution in [2.24, 2.45) is 0 Å². The van der Waals surface area contributed by atoms with Crippen molar-refractivity contribution in [3.8, 4) is 0 Å². The molecule has 2 fully saturated rings. The summed E-state index contributed by atoms with van der Waals surface area (Å²) < 4.78 is 5.47. The molecule has 30 heavy (non-hydrogen) atoms. The first-order valence-corrected chi connectivity index (χ1v) is 10.7. The van der Waals surface area contributed by atoms with E-state index in [-0.39, 0.29) is 29.7 Å². The minimum absolute atomic E-state index is 0.00779. The molecule has 0 N–H and O–H groups in total. The number of imide groups is 1. The number of unbranched alkanes of at least 4 members (excludes halogenated alkanes) is 1. The van der Waals surface area contributed by atoms with Gasteiger partial charge in [0.2, 0.25) is 0 Å². The standard InChI is InChI=1S/C22H27N3O5/c1-2-3-8-25-20(27)16-7-6-15(14-17(16)21(25)28)19(26)23-9-11-24(12-10-23)22(29)18-5-4-13-30-18/h6-7,14,18H,2-5,8-13H2,1H3. The normalized spacial score (nSPS) is 21.4. The van der Waals surface area contributed by atoms with Gasteiger partial charge >= 0.3 is 0 Å². The highest BCUT2D eigenvalue weighted by Crippen LogP contribution is 2.25. The summed E-state index contributed by atoms with van der Waals surface area (Å²) in [7, 11) is 0. The van der Waals surface area contributed by atoms with Gasteiger partial charge in [0.05, 0.1) is 11.1 Å². The summed E-state index contributed by atoms with van der Waals surface area (Å²) >= 11 is 0. The number of nitrogens with zero attached hydrogens (tertiary/aromatic N) is 3. The molecule has 4 amide bonds. The van der Waals surface area contributed by atoms with Crippen LogP contribution in [-0.4, -0.2) is 83.8 Å². The SMILES string of the molecule is CCCCN1C(=O)c2ccc(C(=O)N3CCN(C(=O)C4CCCO4)CC3)cc2C1=O. The van der Waals surface area contributed by atoms with Crippen molar-refractivity contribution in [3.63, 3.8) is 0 Å². The summed E-state index contributed by atoms with van der Waals surface area (Å²) in [5.41, 5.74) is 1.06. The van der Waals surface area contributed by atoms with E-state index in [1.54, 1.807) is 21.9 Å². The van der Waals surface area contributed by atoms with Crippen LogP contribution in [0.3, 0.4) is 0 Å². The van der Waals surface area contributed by atoms with Crippen molar-refractivity contribution in [2.75, 3.05) is 39.3 Å². The molecule has 0 bridgehead atoms. The number of fused-ring (bicyclic) bond motifs is 1. The molecule has 0 aliphatic carbocycles. The average Bonchev–Trinajstić information content (AvgIpc) is 3.39. The molecule has 3 aliphatic rings. The Hall–Kier alpha value is -2.74. The Morgan fingerprint density at radius 2 is 1.73 bits per heavy atom. The maximum absolute atomic E-state index is 13.0. The van der Waals surface area contributed by atoms with Gasteiger partial charge in [0.25, 0.3) is 23.6 Å². The van der Waals surface area contributed by atoms with Gasteiger partial charge in [-0.2, -0.15) is 0 Å². The number of benzene rings is 1. The fourth-order valence-corrected chi connectivity index (χ4v) is 4.23. The maximum Gasteiger partial charge on any atom is 0.261 e. The zero-order chi connectivity index (χ0) is 21.3. The summed E-state index contributed by atoms with van der Waals surface area (Å²) in [4.78, 5) is 55.2. The van der Waals surface area contributed by atoms with Gasteiger partial charge in [-0.15, -0.1) is 0 Å². The first-order valence-electron chi connectivity index (χ1n) is 10.7. The van der Waals surface area contributed by atoms with E-state index >= 15 is 0 Å². The third-order valence-electron chi connectivity index (χ3n) is 6.04. The van der Waals surface area contributed by atoms with E-state index < -0.39 is 0 Å². The Bertz CT molecular complexity index is 870. The number of piperazine rings is 1. The molecule has 4 rings (SSSR count). The van der Waals surface area contributed by atoms with Crippen LogP contribution in [0, 0.1) is 0 Å². The van der Waals surface area contributed by atoms with Crippen molar-refractivity contribution in [1.82, 2.24) is 14.7 Å². The molecule has 160 valence electrons. The minimum Gasteiger partial charge on any atom is -0.368 e. The molecular formula is C22H27N3O5. The molecule has 3 heterocycles. The largest absolute Gasteiger partial charge is 0.368 e. The van der Waals surface area contributed by atoms with Crippen molar-refractivity contribution < 1.29 is 23.9 Å². The van der Waals surface area contributed by atoms with Crippen LogP contribution in [0.1, 0.15) is 63.7 Å². The van der Waals surface area contributed by atoms with E-state index in [1.807, 2.05) is 6.92 Å². The molecule has 1 aromatic carbocycles. The highest BCUT2D eigenvalue weighted by atomic mass is 16.5. The van der Waals surface area contributed by atoms with Gasteiger partial charge in [0.1, 0.15) is 6.10 Å². The van der Waals surface area contributed by atoms with Crippen LogP contribution in [-0.2, 0) is 9.53 Å². The molecule has 1 atom stereocenters. The van der Waals surface area contributed by atoms with Crippen LogP contribution in [0.15, 0.2) is 18.2 Å². The first-order chi connectivity index (χ1) is 14.5. The second-order valence-electron chi connectivity index (χ2n) is 8.00. The predicted molar refractivity (Wildman–Crippen MR) is 108 cm³/mol. The number of ether oxygens (including phenoxy) is 1. The number of carbonyl (C=O) groups excluding carboxylic acids is 4. The maximum atomic E-state index is 13.0. The third kappa shape index (κ3) is 3.71. The Morgan fingerprint density at radius 3 is 2.40 bits per heavy atom. The van der Waals surface area contributed by atoms with Gasteiger partial charge < -0.3 is 14.5 Å². The Balaban J connectivity index is 1.41. The summed E-state index contributed by atoms with van der Waals surface area (Å²) in [6, 6.07) is 4.72. The van der Waals surface area contributed by atoms with E-state index in [2.05, 4.69) is 0 Å². The van der Waals surface area contributed by atoms with E-state index in [0.29, 0.717) is 56.0 Å². The lowest BCUT2D eigenvalue weighted by atomic mass is 10.0. The molecule has 0 spiro atoms. The van der Waals surface area contributed by atoms with Crippen LogP contribution in [0.5, 0.6) is 0 Å². The third-order valence-corrected chi connectivity index (χ3v) is 6.04. The van der Waals surface area contributed by atoms with Gasteiger partial charge in [-0.3, -0.25) is 24.1 Å². The lowest BCUT2D eigenvalue weighted by Gasteiger charge is -2.35. The molecule has 3 aliphatic heterocycles. The average molecular weight is 413 g/mol. The van der Waals surface area contributed by atoms with Crippen LogP contribution >= 0.6 is 0 Å². The van der Waals surface area contributed by atoms with Gasteiger partial charge in [-0.05, 0) is 37.5 Å². The molecule has 1 aromatic rings. The fraction of sp³-hybridized carbons (Fsp3) is 0.545.